The molecule has 7 heteroatoms. The van der Waals surface area contributed by atoms with Crippen molar-refractivity contribution in [3.05, 3.63) is 29.8 Å². The van der Waals surface area contributed by atoms with Gasteiger partial charge < -0.3 is 5.11 Å². The third-order valence-electron chi connectivity index (χ3n) is 6.32. The van der Waals surface area contributed by atoms with Gasteiger partial charge in [0, 0.05) is 24.5 Å². The van der Waals surface area contributed by atoms with Gasteiger partial charge in [-0.15, -0.1) is 12.4 Å². The summed E-state index contributed by atoms with van der Waals surface area (Å²) in [4.78, 5) is 23.6. The minimum absolute atomic E-state index is 0. The van der Waals surface area contributed by atoms with E-state index >= 15 is 0 Å². The average molecular weight is 397 g/mol. The van der Waals surface area contributed by atoms with Gasteiger partial charge in [-0.2, -0.15) is 4.48 Å². The molecule has 0 spiro atoms. The Bertz CT molecular complexity index is 661. The maximum Gasteiger partial charge on any atom is 0.423 e. The Morgan fingerprint density at radius 1 is 1.30 bits per heavy atom. The smallest absolute Gasteiger partial charge is 0.423 e. The SMILES string of the molecule is CC(C1CCCC1)C(N)[N+]1(c2ccc(CCC(=O)O)cc2)CCNC1=O.Cl. The van der Waals surface area contributed by atoms with E-state index < -0.39 is 5.97 Å². The quantitative estimate of drug-likeness (QED) is 0.616. The van der Waals surface area contributed by atoms with Crippen LogP contribution >= 0.6 is 12.4 Å². The molecule has 2 aliphatic rings. The molecule has 1 saturated heterocycles. The second-order valence-corrected chi connectivity index (χ2v) is 7.78. The number of carboxylic acids is 1. The molecule has 27 heavy (non-hydrogen) atoms. The van der Waals surface area contributed by atoms with Gasteiger partial charge in [0.2, 0.25) is 0 Å². The molecule has 4 N–H and O–H groups in total. The molecular formula is C20H31ClN3O3+. The number of carboxylic acid groups (broad SMARTS) is 1. The van der Waals surface area contributed by atoms with Crippen LogP contribution in [0.2, 0.25) is 0 Å². The van der Waals surface area contributed by atoms with Crippen LogP contribution in [0.15, 0.2) is 24.3 Å². The lowest BCUT2D eigenvalue weighted by atomic mass is 9.88. The number of carbonyl (C=O) groups excluding carboxylic acids is 1. The number of halogens is 1. The minimum atomic E-state index is -0.802. The molecule has 1 aliphatic carbocycles. The van der Waals surface area contributed by atoms with Crippen LogP contribution in [0.5, 0.6) is 0 Å². The van der Waals surface area contributed by atoms with Crippen LogP contribution in [0.1, 0.15) is 44.6 Å². The molecule has 1 aliphatic heterocycles. The van der Waals surface area contributed by atoms with Crippen molar-refractivity contribution in [2.45, 2.75) is 51.6 Å². The number of aryl methyl sites for hydroxylation is 1. The zero-order valence-electron chi connectivity index (χ0n) is 15.9. The van der Waals surface area contributed by atoms with Gasteiger partial charge in [-0.1, -0.05) is 31.9 Å². The number of amides is 2. The predicted molar refractivity (Wildman–Crippen MR) is 109 cm³/mol. The second kappa shape index (κ2) is 9.04. The number of carbonyl (C=O) groups is 2. The number of nitrogens with two attached hydrogens (primary N) is 1. The van der Waals surface area contributed by atoms with Gasteiger partial charge in [-0.3, -0.25) is 15.8 Å². The Balaban J connectivity index is 0.00000261. The third-order valence-corrected chi connectivity index (χ3v) is 6.32. The van der Waals surface area contributed by atoms with Gasteiger partial charge in [-0.05, 0) is 30.7 Å². The van der Waals surface area contributed by atoms with Crippen molar-refractivity contribution in [3.8, 4) is 0 Å². The number of aliphatic carboxylic acids is 1. The Labute approximate surface area is 167 Å². The van der Waals surface area contributed by atoms with E-state index in [1.807, 2.05) is 24.3 Å². The molecule has 1 heterocycles. The topological polar surface area (TPSA) is 92.4 Å². The van der Waals surface area contributed by atoms with Crippen molar-refractivity contribution in [1.82, 2.24) is 9.80 Å². The highest BCUT2D eigenvalue weighted by molar-refractivity contribution is 5.89. The normalized spacial score (nSPS) is 24.9. The van der Waals surface area contributed by atoms with E-state index in [1.165, 1.54) is 25.7 Å². The lowest BCUT2D eigenvalue weighted by Gasteiger charge is -2.39. The van der Waals surface area contributed by atoms with E-state index in [0.29, 0.717) is 25.4 Å². The summed E-state index contributed by atoms with van der Waals surface area (Å²) in [7, 11) is 0. The minimum Gasteiger partial charge on any atom is -0.481 e. The van der Waals surface area contributed by atoms with Crippen LogP contribution in [0.25, 0.3) is 0 Å². The fourth-order valence-corrected chi connectivity index (χ4v) is 4.63. The molecule has 0 bridgehead atoms. The molecule has 1 aromatic rings. The standard InChI is InChI=1S/C20H29N3O3.ClH/c1-14(16-4-2-3-5-16)19(21)23(13-12-22-20(23)26)17-9-6-15(7-10-17)8-11-18(24)25;/h6-7,9-10,14,16,19H,2-5,8,11-13,21H2,1H3,(H-,22,24,25,26);1H/p+1. The van der Waals surface area contributed by atoms with Crippen LogP contribution in [-0.4, -0.2) is 36.4 Å². The molecular weight excluding hydrogens is 366 g/mol. The maximum atomic E-state index is 12.9. The highest BCUT2D eigenvalue weighted by Crippen LogP contribution is 2.38. The molecule has 3 atom stereocenters. The average Bonchev–Trinajstić information content (AvgIpc) is 3.29. The Hall–Kier alpha value is -1.63. The van der Waals surface area contributed by atoms with Gasteiger partial charge in [-0.25, -0.2) is 4.79 Å². The van der Waals surface area contributed by atoms with Gasteiger partial charge in [0.05, 0.1) is 6.54 Å². The van der Waals surface area contributed by atoms with E-state index in [2.05, 4.69) is 12.2 Å². The van der Waals surface area contributed by atoms with Crippen molar-refractivity contribution in [2.75, 3.05) is 13.1 Å². The van der Waals surface area contributed by atoms with E-state index in [4.69, 9.17) is 10.8 Å². The summed E-state index contributed by atoms with van der Waals surface area (Å²) in [5.41, 5.74) is 8.59. The molecule has 2 amide bonds. The predicted octanol–water partition coefficient (Wildman–Crippen LogP) is 3.27. The van der Waals surface area contributed by atoms with Crippen LogP contribution in [0.4, 0.5) is 10.5 Å². The fourth-order valence-electron chi connectivity index (χ4n) is 4.63. The molecule has 0 aromatic heterocycles. The highest BCUT2D eigenvalue weighted by Gasteiger charge is 2.51. The number of urea groups is 1. The molecule has 1 saturated carbocycles. The van der Waals surface area contributed by atoms with Crippen LogP contribution in [-0.2, 0) is 11.2 Å². The second-order valence-electron chi connectivity index (χ2n) is 7.78. The van der Waals surface area contributed by atoms with E-state index in [0.717, 1.165) is 11.3 Å². The summed E-state index contributed by atoms with van der Waals surface area (Å²) in [6.45, 7) is 3.48. The Kier molecular flexibility index (Phi) is 7.25. The number of benzene rings is 1. The lowest BCUT2D eigenvalue weighted by molar-refractivity contribution is -0.136. The first-order valence-corrected chi connectivity index (χ1v) is 9.68. The Morgan fingerprint density at radius 2 is 1.93 bits per heavy atom. The summed E-state index contributed by atoms with van der Waals surface area (Å²) in [6, 6.07) is 7.72. The summed E-state index contributed by atoms with van der Waals surface area (Å²) in [5.74, 6) is 0.0557. The van der Waals surface area contributed by atoms with Crippen LogP contribution < -0.4 is 15.5 Å². The lowest BCUT2D eigenvalue weighted by Crippen LogP contribution is -2.65. The van der Waals surface area contributed by atoms with E-state index in [-0.39, 0.29) is 41.4 Å². The van der Waals surface area contributed by atoms with Gasteiger partial charge >= 0.3 is 12.0 Å². The summed E-state index contributed by atoms with van der Waals surface area (Å²) in [6.07, 6.45) is 5.24. The van der Waals surface area contributed by atoms with Gasteiger partial charge in [0.1, 0.15) is 12.2 Å². The number of hydrogen-bond donors (Lipinski definition) is 3. The van der Waals surface area contributed by atoms with Crippen LogP contribution in [0.3, 0.4) is 0 Å². The number of nitrogens with zero attached hydrogens (tertiary/aromatic N) is 1. The van der Waals surface area contributed by atoms with Gasteiger partial charge in [0.25, 0.3) is 0 Å². The molecule has 150 valence electrons. The first kappa shape index (κ1) is 21.7. The molecule has 1 aromatic carbocycles. The maximum absolute atomic E-state index is 12.9. The molecule has 3 unspecified atom stereocenters. The number of hydrogen-bond acceptors (Lipinski definition) is 3. The summed E-state index contributed by atoms with van der Waals surface area (Å²) in [5, 5.41) is 11.8. The molecule has 6 nitrogen and oxygen atoms in total. The number of nitrogens with one attached hydrogen (secondary N) is 1. The van der Waals surface area contributed by atoms with Crippen LogP contribution in [0, 0.1) is 11.8 Å². The van der Waals surface area contributed by atoms with E-state index in [9.17, 15) is 9.59 Å². The largest absolute Gasteiger partial charge is 0.481 e. The zero-order valence-corrected chi connectivity index (χ0v) is 16.7. The zero-order chi connectivity index (χ0) is 18.7. The molecule has 2 fully saturated rings. The molecule has 3 rings (SSSR count). The summed E-state index contributed by atoms with van der Waals surface area (Å²) >= 11 is 0. The summed E-state index contributed by atoms with van der Waals surface area (Å²) < 4.78 is 0.150. The van der Waals surface area contributed by atoms with E-state index in [1.54, 1.807) is 0 Å². The number of quaternary nitrogens is 1. The van der Waals surface area contributed by atoms with Crippen molar-refractivity contribution < 1.29 is 14.7 Å². The molecule has 0 radical (unpaired) electrons. The van der Waals surface area contributed by atoms with Crippen molar-refractivity contribution >= 4 is 30.1 Å². The Morgan fingerprint density at radius 3 is 2.44 bits per heavy atom. The van der Waals surface area contributed by atoms with Crippen molar-refractivity contribution in [1.29, 1.82) is 0 Å². The number of rotatable bonds is 7. The highest BCUT2D eigenvalue weighted by atomic mass is 35.5. The van der Waals surface area contributed by atoms with Gasteiger partial charge in [0.15, 0.2) is 6.17 Å². The monoisotopic (exact) mass is 396 g/mol. The van der Waals surface area contributed by atoms with Crippen molar-refractivity contribution in [2.24, 2.45) is 17.6 Å². The first-order chi connectivity index (χ1) is 12.4. The third kappa shape index (κ3) is 4.28. The fraction of sp³-hybridized carbons (Fsp3) is 0.600. The first-order valence-electron chi connectivity index (χ1n) is 9.68. The van der Waals surface area contributed by atoms with Crippen molar-refractivity contribution in [3.63, 3.8) is 0 Å².